The summed E-state index contributed by atoms with van der Waals surface area (Å²) in [5.74, 6) is 1.20. The molecule has 3 aromatic heterocycles. The highest BCUT2D eigenvalue weighted by atomic mass is 16.5. The quantitative estimate of drug-likeness (QED) is 0.297. The molecule has 0 fully saturated rings. The Kier molecular flexibility index (Phi) is 5.06. The van der Waals surface area contributed by atoms with Gasteiger partial charge in [0.1, 0.15) is 17.2 Å². The van der Waals surface area contributed by atoms with E-state index < -0.39 is 0 Å². The molecular formula is C24H20N6O3. The van der Waals surface area contributed by atoms with Crippen molar-refractivity contribution in [1.29, 1.82) is 0 Å². The molecule has 0 bridgehead atoms. The van der Waals surface area contributed by atoms with E-state index in [-0.39, 0.29) is 5.56 Å². The van der Waals surface area contributed by atoms with Crippen molar-refractivity contribution in [2.75, 3.05) is 14.2 Å². The van der Waals surface area contributed by atoms with Gasteiger partial charge in [-0.3, -0.25) is 9.36 Å². The van der Waals surface area contributed by atoms with Crippen LogP contribution in [0.25, 0.3) is 33.2 Å². The predicted octanol–water partition coefficient (Wildman–Crippen LogP) is 3.38. The Morgan fingerprint density at radius 3 is 2.52 bits per heavy atom. The summed E-state index contributed by atoms with van der Waals surface area (Å²) in [6, 6.07) is 12.9. The van der Waals surface area contributed by atoms with E-state index in [1.165, 1.54) is 10.9 Å². The molecule has 0 aliphatic heterocycles. The Morgan fingerprint density at radius 2 is 1.79 bits per heavy atom. The zero-order valence-electron chi connectivity index (χ0n) is 18.1. The minimum atomic E-state index is -0.227. The first-order chi connectivity index (χ1) is 16.1. The number of fused-ring (bicyclic) bond motifs is 4. The second-order valence-corrected chi connectivity index (χ2v) is 7.24. The van der Waals surface area contributed by atoms with E-state index >= 15 is 0 Å². The van der Waals surface area contributed by atoms with Crippen molar-refractivity contribution >= 4 is 39.4 Å². The van der Waals surface area contributed by atoms with Gasteiger partial charge < -0.3 is 9.47 Å². The van der Waals surface area contributed by atoms with Crippen molar-refractivity contribution in [1.82, 2.24) is 24.2 Å². The van der Waals surface area contributed by atoms with Gasteiger partial charge in [-0.15, -0.1) is 6.58 Å². The van der Waals surface area contributed by atoms with Gasteiger partial charge in [0, 0.05) is 6.54 Å². The number of aromatic nitrogens is 5. The van der Waals surface area contributed by atoms with Gasteiger partial charge in [0.15, 0.2) is 22.8 Å². The zero-order chi connectivity index (χ0) is 22.9. The number of benzene rings is 2. The summed E-state index contributed by atoms with van der Waals surface area (Å²) < 4.78 is 13.7. The molecular weight excluding hydrogens is 420 g/mol. The maximum atomic E-state index is 13.2. The van der Waals surface area contributed by atoms with Crippen molar-refractivity contribution in [2.45, 2.75) is 6.54 Å². The van der Waals surface area contributed by atoms with Crippen LogP contribution in [-0.4, -0.2) is 44.6 Å². The molecule has 5 aromatic rings. The van der Waals surface area contributed by atoms with Crippen molar-refractivity contribution < 1.29 is 9.47 Å². The first-order valence-corrected chi connectivity index (χ1v) is 10.2. The molecule has 164 valence electrons. The molecule has 0 spiro atoms. The van der Waals surface area contributed by atoms with Crippen molar-refractivity contribution in [3.05, 3.63) is 77.4 Å². The summed E-state index contributed by atoms with van der Waals surface area (Å²) in [7, 11) is 3.15. The van der Waals surface area contributed by atoms with Crippen LogP contribution in [0.5, 0.6) is 11.5 Å². The van der Waals surface area contributed by atoms with E-state index in [2.05, 4.69) is 16.7 Å². The second kappa shape index (κ2) is 8.19. The third-order valence-electron chi connectivity index (χ3n) is 5.26. The molecule has 33 heavy (non-hydrogen) atoms. The molecule has 0 saturated carbocycles. The fourth-order valence-corrected chi connectivity index (χ4v) is 3.69. The van der Waals surface area contributed by atoms with Crippen LogP contribution in [0.15, 0.2) is 71.3 Å². The fraction of sp³-hybridized carbons (Fsp3) is 0.125. The maximum absolute atomic E-state index is 13.2. The minimum Gasteiger partial charge on any atom is -0.493 e. The standard InChI is InChI=1S/C24H20N6O3/c1-4-11-29-14-25-22-20(24(29)31)21-23(28-17-8-6-5-7-16(17)27-21)30(22)26-13-15-9-10-18(32-2)19(12-15)33-3/h4-10,12-14H,1,11H2,2-3H3. The van der Waals surface area contributed by atoms with Gasteiger partial charge in [0.2, 0.25) is 0 Å². The number of methoxy groups -OCH3 is 2. The smallest absolute Gasteiger partial charge is 0.265 e. The van der Waals surface area contributed by atoms with Gasteiger partial charge in [-0.2, -0.15) is 9.78 Å². The third-order valence-corrected chi connectivity index (χ3v) is 5.26. The SMILES string of the molecule is C=CCn1cnc2c(c1=O)c1nc3ccccc3nc1n2N=Cc1ccc(OC)c(OC)c1. The van der Waals surface area contributed by atoms with Crippen LogP contribution < -0.4 is 15.0 Å². The van der Waals surface area contributed by atoms with Crippen LogP contribution in [0, 0.1) is 0 Å². The molecule has 5 rings (SSSR count). The molecule has 0 saturated heterocycles. The van der Waals surface area contributed by atoms with Crippen molar-refractivity contribution in [3.8, 4) is 11.5 Å². The van der Waals surface area contributed by atoms with Crippen LogP contribution in [0.2, 0.25) is 0 Å². The summed E-state index contributed by atoms with van der Waals surface area (Å²) in [6.45, 7) is 4.05. The Bertz CT molecular complexity index is 1620. The number of ether oxygens (including phenoxy) is 2. The second-order valence-electron chi connectivity index (χ2n) is 7.24. The highest BCUT2D eigenvalue weighted by molar-refractivity contribution is 6.04. The maximum Gasteiger partial charge on any atom is 0.265 e. The summed E-state index contributed by atoms with van der Waals surface area (Å²) in [6.07, 6.45) is 4.77. The predicted molar refractivity (Wildman–Crippen MR) is 127 cm³/mol. The summed E-state index contributed by atoms with van der Waals surface area (Å²) in [5, 5.41) is 4.97. The van der Waals surface area contributed by atoms with Crippen LogP contribution in [0.3, 0.4) is 0 Å². The monoisotopic (exact) mass is 440 g/mol. The normalized spacial score (nSPS) is 11.6. The van der Waals surface area contributed by atoms with Gasteiger partial charge in [-0.25, -0.2) is 15.0 Å². The molecule has 3 heterocycles. The minimum absolute atomic E-state index is 0.227. The van der Waals surface area contributed by atoms with Crippen LogP contribution >= 0.6 is 0 Å². The Hall–Kier alpha value is -4.53. The molecule has 0 radical (unpaired) electrons. The van der Waals surface area contributed by atoms with Crippen LogP contribution in [0.4, 0.5) is 0 Å². The molecule has 0 aliphatic rings. The van der Waals surface area contributed by atoms with Crippen LogP contribution in [-0.2, 0) is 6.54 Å². The first-order valence-electron chi connectivity index (χ1n) is 10.2. The highest BCUT2D eigenvalue weighted by Crippen LogP contribution is 2.28. The topological polar surface area (TPSA) is 96.4 Å². The number of hydrogen-bond donors (Lipinski definition) is 0. The number of hydrogen-bond acceptors (Lipinski definition) is 7. The number of nitrogens with zero attached hydrogens (tertiary/aromatic N) is 6. The van der Waals surface area contributed by atoms with E-state index in [0.29, 0.717) is 51.3 Å². The van der Waals surface area contributed by atoms with E-state index in [1.807, 2.05) is 36.4 Å². The first kappa shape index (κ1) is 20.4. The van der Waals surface area contributed by atoms with E-state index in [9.17, 15) is 4.79 Å². The largest absolute Gasteiger partial charge is 0.493 e. The number of rotatable bonds is 6. The van der Waals surface area contributed by atoms with E-state index in [4.69, 9.17) is 19.4 Å². The third kappa shape index (κ3) is 3.39. The van der Waals surface area contributed by atoms with Crippen LogP contribution in [0.1, 0.15) is 5.56 Å². The van der Waals surface area contributed by atoms with E-state index in [1.54, 1.807) is 37.3 Å². The van der Waals surface area contributed by atoms with Gasteiger partial charge in [0.05, 0.1) is 31.5 Å². The van der Waals surface area contributed by atoms with Gasteiger partial charge >= 0.3 is 0 Å². The van der Waals surface area contributed by atoms with Gasteiger partial charge in [-0.05, 0) is 35.9 Å². The summed E-state index contributed by atoms with van der Waals surface area (Å²) in [4.78, 5) is 27.2. The molecule has 0 amide bonds. The average Bonchev–Trinajstić information content (AvgIpc) is 3.15. The molecule has 0 N–H and O–H groups in total. The molecule has 9 nitrogen and oxygen atoms in total. The molecule has 0 unspecified atom stereocenters. The fourth-order valence-electron chi connectivity index (χ4n) is 3.69. The summed E-state index contributed by atoms with van der Waals surface area (Å²) >= 11 is 0. The Labute approximate surface area is 188 Å². The van der Waals surface area contributed by atoms with Crippen molar-refractivity contribution in [2.24, 2.45) is 5.10 Å². The molecule has 2 aromatic carbocycles. The lowest BCUT2D eigenvalue weighted by Gasteiger charge is -2.07. The molecule has 9 heteroatoms. The van der Waals surface area contributed by atoms with Gasteiger partial charge in [0.25, 0.3) is 5.56 Å². The molecule has 0 atom stereocenters. The Balaban J connectivity index is 1.77. The average molecular weight is 440 g/mol. The Morgan fingerprint density at radius 1 is 1.03 bits per heavy atom. The highest BCUT2D eigenvalue weighted by Gasteiger charge is 2.19. The molecule has 0 aliphatic carbocycles. The van der Waals surface area contributed by atoms with Crippen molar-refractivity contribution in [3.63, 3.8) is 0 Å². The zero-order valence-corrected chi connectivity index (χ0v) is 18.1. The number of allylic oxidation sites excluding steroid dienone is 1. The summed E-state index contributed by atoms with van der Waals surface area (Å²) in [5.41, 5.74) is 3.20. The number of para-hydroxylation sites is 2. The lowest BCUT2D eigenvalue weighted by molar-refractivity contribution is 0.355. The lowest BCUT2D eigenvalue weighted by Crippen LogP contribution is -2.19. The van der Waals surface area contributed by atoms with E-state index in [0.717, 1.165) is 5.56 Å². The lowest BCUT2D eigenvalue weighted by atomic mass is 10.2. The van der Waals surface area contributed by atoms with Gasteiger partial charge in [-0.1, -0.05) is 18.2 Å².